The van der Waals surface area contributed by atoms with E-state index in [1.807, 2.05) is 0 Å². The van der Waals surface area contributed by atoms with Crippen molar-refractivity contribution in [3.8, 4) is 33.4 Å². The molecular weight excluding hydrogens is 713 g/mol. The van der Waals surface area contributed by atoms with Crippen molar-refractivity contribution in [3.63, 3.8) is 0 Å². The van der Waals surface area contributed by atoms with Gasteiger partial charge in [0.05, 0.1) is 0 Å². The van der Waals surface area contributed by atoms with Crippen LogP contribution in [0.5, 0.6) is 0 Å². The van der Waals surface area contributed by atoms with Gasteiger partial charge in [-0.2, -0.15) is 0 Å². The molecule has 0 aliphatic carbocycles. The molecule has 2 heteroatoms. The lowest BCUT2D eigenvalue weighted by atomic mass is 9.99. The molecule has 0 spiro atoms. The van der Waals surface area contributed by atoms with Crippen LogP contribution in [0.25, 0.3) is 33.4 Å². The Labute approximate surface area is 349 Å². The van der Waals surface area contributed by atoms with Gasteiger partial charge in [-0.05, 0) is 138 Å². The smallest absolute Gasteiger partial charge is 0.0462 e. The topological polar surface area (TPSA) is 6.48 Å². The average Bonchev–Trinajstić information content (AvgIpc) is 3.30. The molecule has 0 bridgehead atoms. The molecule has 59 heavy (non-hydrogen) atoms. The fraction of sp³-hybridized carbons (Fsp3) is 0.0526. The van der Waals surface area contributed by atoms with Gasteiger partial charge in [0.25, 0.3) is 0 Å². The summed E-state index contributed by atoms with van der Waals surface area (Å²) in [5, 5.41) is 0. The molecule has 2 nitrogen and oxygen atoms in total. The molecule has 0 amide bonds. The Hall–Kier alpha value is -7.42. The molecule has 0 radical (unpaired) electrons. The summed E-state index contributed by atoms with van der Waals surface area (Å²) >= 11 is 0. The van der Waals surface area contributed by atoms with Gasteiger partial charge in [-0.1, -0.05) is 169 Å². The Balaban J connectivity index is 0.916. The van der Waals surface area contributed by atoms with Gasteiger partial charge in [0.2, 0.25) is 0 Å². The van der Waals surface area contributed by atoms with E-state index in [2.05, 4.69) is 254 Å². The maximum Gasteiger partial charge on any atom is 0.0462 e. The molecule has 9 rings (SSSR count). The van der Waals surface area contributed by atoms with E-state index >= 15 is 0 Å². The summed E-state index contributed by atoms with van der Waals surface area (Å²) in [5.41, 5.74) is 19.1. The van der Waals surface area contributed by atoms with Gasteiger partial charge in [0.1, 0.15) is 0 Å². The van der Waals surface area contributed by atoms with Gasteiger partial charge in [0, 0.05) is 34.1 Å². The van der Waals surface area contributed by atoms with Crippen molar-refractivity contribution >= 4 is 34.1 Å². The molecule has 0 atom stereocenters. The van der Waals surface area contributed by atoms with Crippen molar-refractivity contribution in [2.24, 2.45) is 0 Å². The summed E-state index contributed by atoms with van der Waals surface area (Å²) in [6, 6.07) is 83.3. The third-order valence-corrected chi connectivity index (χ3v) is 11.1. The molecule has 0 unspecified atom stereocenters. The zero-order valence-electron chi connectivity index (χ0n) is 33.5. The Morgan fingerprint density at radius 3 is 0.763 bits per heavy atom. The first kappa shape index (κ1) is 37.2. The van der Waals surface area contributed by atoms with E-state index in [0.29, 0.717) is 0 Å². The van der Waals surface area contributed by atoms with Crippen molar-refractivity contribution < 1.29 is 0 Å². The van der Waals surface area contributed by atoms with Crippen molar-refractivity contribution in [1.82, 2.24) is 0 Å². The standard InChI is InChI=1S/C57H46N2/c1-42-13-29-52(30-14-42)58(55-35-23-49(24-36-55)46-9-5-3-6-10-46)54-33-19-45(20-34-54)41-44-17-21-48(22-18-44)51-27-39-57(40-28-51)59(53-31-15-43(2)16-32-53)56-37-25-50(26-38-56)47-11-7-4-8-12-47/h3-40H,41H2,1-2H3. The Kier molecular flexibility index (Phi) is 10.7. The third-order valence-electron chi connectivity index (χ3n) is 11.1. The number of anilines is 6. The first-order valence-electron chi connectivity index (χ1n) is 20.4. The third kappa shape index (κ3) is 8.49. The zero-order valence-corrected chi connectivity index (χ0v) is 33.5. The van der Waals surface area contributed by atoms with Crippen LogP contribution in [0.15, 0.2) is 231 Å². The predicted molar refractivity (Wildman–Crippen MR) is 251 cm³/mol. The number of aryl methyl sites for hydroxylation is 2. The summed E-state index contributed by atoms with van der Waals surface area (Å²) in [4.78, 5) is 4.66. The monoisotopic (exact) mass is 758 g/mol. The Bertz CT molecular complexity index is 2720. The molecule has 0 saturated heterocycles. The molecule has 9 aromatic rings. The summed E-state index contributed by atoms with van der Waals surface area (Å²) in [6.45, 7) is 4.26. The van der Waals surface area contributed by atoms with Gasteiger partial charge in [0.15, 0.2) is 0 Å². The second-order valence-electron chi connectivity index (χ2n) is 15.3. The second-order valence-corrected chi connectivity index (χ2v) is 15.3. The second kappa shape index (κ2) is 17.0. The van der Waals surface area contributed by atoms with Gasteiger partial charge < -0.3 is 9.80 Å². The quantitative estimate of drug-likeness (QED) is 0.130. The van der Waals surface area contributed by atoms with Gasteiger partial charge in [-0.25, -0.2) is 0 Å². The lowest BCUT2D eigenvalue weighted by Crippen LogP contribution is -2.10. The summed E-state index contributed by atoms with van der Waals surface area (Å²) in [7, 11) is 0. The van der Waals surface area contributed by atoms with E-state index in [1.165, 1.54) is 55.6 Å². The van der Waals surface area contributed by atoms with Crippen LogP contribution in [0.3, 0.4) is 0 Å². The largest absolute Gasteiger partial charge is 0.311 e. The number of benzene rings is 9. The average molecular weight is 759 g/mol. The minimum absolute atomic E-state index is 0.865. The number of rotatable bonds is 11. The lowest BCUT2D eigenvalue weighted by Gasteiger charge is -2.26. The molecule has 0 N–H and O–H groups in total. The maximum absolute atomic E-state index is 2.33. The fourth-order valence-electron chi connectivity index (χ4n) is 7.77. The number of hydrogen-bond acceptors (Lipinski definition) is 2. The van der Waals surface area contributed by atoms with Crippen LogP contribution in [0.1, 0.15) is 22.3 Å². The summed E-state index contributed by atoms with van der Waals surface area (Å²) < 4.78 is 0. The molecule has 0 saturated carbocycles. The Morgan fingerprint density at radius 2 is 0.458 bits per heavy atom. The number of nitrogens with zero attached hydrogens (tertiary/aromatic N) is 2. The van der Waals surface area contributed by atoms with Crippen molar-refractivity contribution in [2.75, 3.05) is 9.80 Å². The fourth-order valence-corrected chi connectivity index (χ4v) is 7.77. The minimum atomic E-state index is 0.865. The highest BCUT2D eigenvalue weighted by molar-refractivity contribution is 5.81. The summed E-state index contributed by atoms with van der Waals surface area (Å²) in [5.74, 6) is 0. The molecule has 9 aromatic carbocycles. The molecule has 0 aliphatic rings. The lowest BCUT2D eigenvalue weighted by molar-refractivity contribution is 1.18. The molecule has 0 aromatic heterocycles. The van der Waals surface area contributed by atoms with Gasteiger partial charge in [-0.15, -0.1) is 0 Å². The van der Waals surface area contributed by atoms with Crippen molar-refractivity contribution in [3.05, 3.63) is 253 Å². The Morgan fingerprint density at radius 1 is 0.237 bits per heavy atom. The van der Waals surface area contributed by atoms with Crippen LogP contribution >= 0.6 is 0 Å². The van der Waals surface area contributed by atoms with E-state index in [9.17, 15) is 0 Å². The van der Waals surface area contributed by atoms with Crippen molar-refractivity contribution in [1.29, 1.82) is 0 Å². The van der Waals surface area contributed by atoms with Crippen LogP contribution < -0.4 is 9.80 Å². The van der Waals surface area contributed by atoms with E-state index in [0.717, 1.165) is 40.5 Å². The van der Waals surface area contributed by atoms with Crippen molar-refractivity contribution in [2.45, 2.75) is 20.3 Å². The molecule has 284 valence electrons. The highest BCUT2D eigenvalue weighted by Crippen LogP contribution is 2.38. The first-order chi connectivity index (χ1) is 29.0. The highest BCUT2D eigenvalue weighted by atomic mass is 15.1. The van der Waals surface area contributed by atoms with E-state index in [4.69, 9.17) is 0 Å². The van der Waals surface area contributed by atoms with Crippen LogP contribution in [-0.2, 0) is 6.42 Å². The predicted octanol–water partition coefficient (Wildman–Crippen LogP) is 15.8. The van der Waals surface area contributed by atoms with Crippen LogP contribution in [0.4, 0.5) is 34.1 Å². The summed E-state index contributed by atoms with van der Waals surface area (Å²) in [6.07, 6.45) is 0.865. The van der Waals surface area contributed by atoms with Gasteiger partial charge >= 0.3 is 0 Å². The maximum atomic E-state index is 2.33. The normalized spacial score (nSPS) is 10.9. The van der Waals surface area contributed by atoms with E-state index in [-0.39, 0.29) is 0 Å². The zero-order chi connectivity index (χ0) is 40.0. The molecule has 0 aliphatic heterocycles. The van der Waals surface area contributed by atoms with Crippen LogP contribution in [0, 0.1) is 13.8 Å². The van der Waals surface area contributed by atoms with E-state index in [1.54, 1.807) is 0 Å². The van der Waals surface area contributed by atoms with Crippen LogP contribution in [0.2, 0.25) is 0 Å². The number of hydrogen-bond donors (Lipinski definition) is 0. The SMILES string of the molecule is Cc1ccc(N(c2ccc(Cc3ccc(-c4ccc(N(c5ccc(C)cc5)c5ccc(-c6ccccc6)cc5)cc4)cc3)cc2)c2ccc(-c3ccccc3)cc2)cc1. The first-order valence-corrected chi connectivity index (χ1v) is 20.4. The van der Waals surface area contributed by atoms with Gasteiger partial charge in [-0.3, -0.25) is 0 Å². The van der Waals surface area contributed by atoms with E-state index < -0.39 is 0 Å². The highest BCUT2D eigenvalue weighted by Gasteiger charge is 2.15. The minimum Gasteiger partial charge on any atom is -0.311 e. The molecule has 0 fully saturated rings. The molecular formula is C57H46N2. The molecule has 0 heterocycles. The van der Waals surface area contributed by atoms with Crippen LogP contribution in [-0.4, -0.2) is 0 Å².